The molecule has 0 aliphatic rings. The minimum atomic E-state index is -1.87. The van der Waals surface area contributed by atoms with Crippen LogP contribution < -0.4 is 10.6 Å². The molecule has 0 heterocycles. The van der Waals surface area contributed by atoms with E-state index in [1.807, 2.05) is 0 Å². The fourth-order valence-electron chi connectivity index (χ4n) is 4.13. The molecule has 35 heavy (non-hydrogen) atoms. The molecule has 7 N–H and O–H groups in total. The second kappa shape index (κ2) is 24.9. The Kier molecular flexibility index (Phi) is 24.4. The lowest BCUT2D eigenvalue weighted by molar-refractivity contribution is -0.148. The highest BCUT2D eigenvalue weighted by molar-refractivity contribution is 5.81. The van der Waals surface area contributed by atoms with Crippen LogP contribution in [0.3, 0.4) is 0 Å². The van der Waals surface area contributed by atoms with E-state index in [9.17, 15) is 25.2 Å². The van der Waals surface area contributed by atoms with Crippen LogP contribution in [0.5, 0.6) is 0 Å². The van der Waals surface area contributed by atoms with Gasteiger partial charge in [-0.3, -0.25) is 4.79 Å². The number of unbranched alkanes of at least 4 members (excludes halogenated alkanes) is 15. The van der Waals surface area contributed by atoms with Gasteiger partial charge in [-0.05, 0) is 25.9 Å². The highest BCUT2D eigenvalue weighted by Crippen LogP contribution is 2.13. The lowest BCUT2D eigenvalue weighted by atomic mass is 10.0. The van der Waals surface area contributed by atoms with Gasteiger partial charge in [-0.2, -0.15) is 0 Å². The number of hydrogen-bond acceptors (Lipinski definition) is 7. The fourth-order valence-corrected chi connectivity index (χ4v) is 4.13. The zero-order valence-corrected chi connectivity index (χ0v) is 22.3. The lowest BCUT2D eigenvalue weighted by Gasteiger charge is -2.24. The summed E-state index contributed by atoms with van der Waals surface area (Å²) in [6, 6.07) is 0. The molecule has 0 bridgehead atoms. The second-order valence-electron chi connectivity index (χ2n) is 9.87. The van der Waals surface area contributed by atoms with Crippen molar-refractivity contribution >= 4 is 5.91 Å². The lowest BCUT2D eigenvalue weighted by Crippen LogP contribution is -2.51. The van der Waals surface area contributed by atoms with Crippen molar-refractivity contribution in [2.45, 2.75) is 140 Å². The first-order chi connectivity index (χ1) is 17.0. The molecular weight excluding hydrogens is 448 g/mol. The van der Waals surface area contributed by atoms with Gasteiger partial charge >= 0.3 is 0 Å². The molecule has 0 aromatic heterocycles. The predicted octanol–water partition coefficient (Wildman–Crippen LogP) is 2.78. The molecule has 0 saturated heterocycles. The van der Waals surface area contributed by atoms with Crippen molar-refractivity contribution in [2.24, 2.45) is 0 Å². The number of hydrogen-bond donors (Lipinski definition) is 7. The minimum absolute atomic E-state index is 0.327. The largest absolute Gasteiger partial charge is 0.394 e. The molecule has 0 aliphatic heterocycles. The van der Waals surface area contributed by atoms with Crippen LogP contribution in [0.1, 0.15) is 116 Å². The summed E-state index contributed by atoms with van der Waals surface area (Å²) in [7, 11) is 0. The van der Waals surface area contributed by atoms with Gasteiger partial charge in [0, 0.05) is 6.54 Å². The van der Waals surface area contributed by atoms with Crippen LogP contribution in [-0.4, -0.2) is 82.1 Å². The quantitative estimate of drug-likeness (QED) is 0.0898. The van der Waals surface area contributed by atoms with Gasteiger partial charge in [-0.15, -0.1) is 0 Å². The van der Waals surface area contributed by atoms with Gasteiger partial charge in [-0.1, -0.05) is 103 Å². The Morgan fingerprint density at radius 3 is 1.49 bits per heavy atom. The van der Waals surface area contributed by atoms with E-state index in [0.29, 0.717) is 13.0 Å². The third-order valence-electron chi connectivity index (χ3n) is 6.56. The van der Waals surface area contributed by atoms with Gasteiger partial charge in [0.2, 0.25) is 0 Å². The summed E-state index contributed by atoms with van der Waals surface area (Å²) < 4.78 is 0. The highest BCUT2D eigenvalue weighted by Gasteiger charge is 2.33. The summed E-state index contributed by atoms with van der Waals surface area (Å²) in [5, 5.41) is 52.8. The van der Waals surface area contributed by atoms with Gasteiger partial charge in [0.25, 0.3) is 5.91 Å². The maximum atomic E-state index is 11.8. The Morgan fingerprint density at radius 2 is 1.03 bits per heavy atom. The zero-order valence-electron chi connectivity index (χ0n) is 22.3. The molecule has 210 valence electrons. The Hall–Kier alpha value is -0.770. The topological polar surface area (TPSA) is 142 Å². The molecule has 0 aliphatic carbocycles. The van der Waals surface area contributed by atoms with E-state index in [-0.39, 0.29) is 0 Å². The van der Waals surface area contributed by atoms with E-state index in [2.05, 4.69) is 17.6 Å². The van der Waals surface area contributed by atoms with E-state index < -0.39 is 36.9 Å². The first-order valence-electron chi connectivity index (χ1n) is 14.3. The normalized spacial score (nSPS) is 15.0. The van der Waals surface area contributed by atoms with E-state index in [0.717, 1.165) is 19.5 Å². The fraction of sp³-hybridized carbons (Fsp3) is 0.963. The standard InChI is InChI=1S/C27H56N2O6/c1-2-3-4-5-6-7-8-9-10-11-12-13-14-15-16-17-19-28-20-18-21-29-27(35)26(34)25(33)24(32)23(31)22-30/h23-26,28,30-34H,2-22H2,1H3,(H,29,35)/t23-,24-,25+,26-/m1/s1. The molecule has 0 fully saturated rings. The first-order valence-corrected chi connectivity index (χ1v) is 14.3. The van der Waals surface area contributed by atoms with Crippen LogP contribution in [0.25, 0.3) is 0 Å². The van der Waals surface area contributed by atoms with Gasteiger partial charge in [0.1, 0.15) is 18.3 Å². The zero-order chi connectivity index (χ0) is 26.2. The third-order valence-corrected chi connectivity index (χ3v) is 6.56. The number of aliphatic hydroxyl groups excluding tert-OH is 5. The molecule has 4 atom stereocenters. The Balaban J connectivity index is 3.37. The van der Waals surface area contributed by atoms with Crippen molar-refractivity contribution in [2.75, 3.05) is 26.2 Å². The van der Waals surface area contributed by atoms with Crippen molar-refractivity contribution in [3.8, 4) is 0 Å². The highest BCUT2D eigenvalue weighted by atomic mass is 16.4. The van der Waals surface area contributed by atoms with Crippen LogP contribution in [0.2, 0.25) is 0 Å². The number of carbonyl (C=O) groups is 1. The number of carbonyl (C=O) groups excluding carboxylic acids is 1. The maximum absolute atomic E-state index is 11.8. The van der Waals surface area contributed by atoms with Crippen LogP contribution in [0.4, 0.5) is 0 Å². The molecule has 8 nitrogen and oxygen atoms in total. The third kappa shape index (κ3) is 20.0. The van der Waals surface area contributed by atoms with Crippen molar-refractivity contribution in [1.82, 2.24) is 10.6 Å². The van der Waals surface area contributed by atoms with Crippen LogP contribution in [0.15, 0.2) is 0 Å². The number of rotatable bonds is 26. The minimum Gasteiger partial charge on any atom is -0.394 e. The van der Waals surface area contributed by atoms with Gasteiger partial charge < -0.3 is 36.2 Å². The van der Waals surface area contributed by atoms with E-state index in [4.69, 9.17) is 5.11 Å². The van der Waals surface area contributed by atoms with Gasteiger partial charge in [-0.25, -0.2) is 0 Å². The van der Waals surface area contributed by atoms with Crippen LogP contribution in [-0.2, 0) is 4.79 Å². The average molecular weight is 505 g/mol. The van der Waals surface area contributed by atoms with Crippen molar-refractivity contribution < 1.29 is 30.3 Å². The molecule has 1 amide bonds. The predicted molar refractivity (Wildman–Crippen MR) is 141 cm³/mol. The monoisotopic (exact) mass is 504 g/mol. The maximum Gasteiger partial charge on any atom is 0.251 e. The molecule has 0 radical (unpaired) electrons. The molecular formula is C27H56N2O6. The first kappa shape index (κ1) is 34.2. The number of amides is 1. The molecule has 8 heteroatoms. The second-order valence-corrected chi connectivity index (χ2v) is 9.87. The average Bonchev–Trinajstić information content (AvgIpc) is 2.87. The Labute approximate surface area is 213 Å². The van der Waals surface area contributed by atoms with Crippen molar-refractivity contribution in [1.29, 1.82) is 0 Å². The summed E-state index contributed by atoms with van der Waals surface area (Å²) in [5.41, 5.74) is 0. The van der Waals surface area contributed by atoms with Crippen LogP contribution >= 0.6 is 0 Å². The van der Waals surface area contributed by atoms with E-state index in [1.54, 1.807) is 0 Å². The summed E-state index contributed by atoms with van der Waals surface area (Å²) in [6.07, 6.45) is 15.2. The van der Waals surface area contributed by atoms with Gasteiger partial charge in [0.15, 0.2) is 6.10 Å². The summed E-state index contributed by atoms with van der Waals surface area (Å²) in [5.74, 6) is -0.820. The van der Waals surface area contributed by atoms with Gasteiger partial charge in [0.05, 0.1) is 6.61 Å². The molecule has 0 saturated carbocycles. The van der Waals surface area contributed by atoms with E-state index >= 15 is 0 Å². The molecule has 0 aromatic carbocycles. The number of aliphatic hydroxyl groups is 5. The Morgan fingerprint density at radius 1 is 0.600 bits per heavy atom. The summed E-state index contributed by atoms with van der Waals surface area (Å²) in [6.45, 7) is 3.50. The molecule has 0 rings (SSSR count). The Bertz CT molecular complexity index is 469. The van der Waals surface area contributed by atoms with Crippen molar-refractivity contribution in [3.05, 3.63) is 0 Å². The SMILES string of the molecule is CCCCCCCCCCCCCCCCCCNCCCNC(=O)[C@H](O)[C@@H](O)[C@H](O)[C@H](O)CO. The number of nitrogens with one attached hydrogen (secondary N) is 2. The summed E-state index contributed by atoms with van der Waals surface area (Å²) in [4.78, 5) is 11.8. The molecule has 0 aromatic rings. The van der Waals surface area contributed by atoms with Crippen molar-refractivity contribution in [3.63, 3.8) is 0 Å². The molecule has 0 unspecified atom stereocenters. The smallest absolute Gasteiger partial charge is 0.251 e. The van der Waals surface area contributed by atoms with Crippen LogP contribution in [0, 0.1) is 0 Å². The molecule has 0 spiro atoms. The van der Waals surface area contributed by atoms with E-state index in [1.165, 1.54) is 96.3 Å². The summed E-state index contributed by atoms with van der Waals surface area (Å²) >= 11 is 0.